The zero-order chi connectivity index (χ0) is 12.1. The number of aromatic carboxylic acids is 1. The molecule has 0 atom stereocenters. The number of hydrogen-bond donors (Lipinski definition) is 2. The number of hydrogen-bond acceptors (Lipinski definition) is 7. The molecule has 0 amide bonds. The van der Waals surface area contributed by atoms with Gasteiger partial charge in [0.1, 0.15) is 0 Å². The number of rotatable bonds is 6. The van der Waals surface area contributed by atoms with Gasteiger partial charge in [-0.15, -0.1) is 11.3 Å². The van der Waals surface area contributed by atoms with E-state index in [0.29, 0.717) is 25.4 Å². The van der Waals surface area contributed by atoms with E-state index >= 15 is 0 Å². The molecule has 0 fully saturated rings. The van der Waals surface area contributed by atoms with Gasteiger partial charge in [0.15, 0.2) is 6.33 Å². The zero-order valence-corrected chi connectivity index (χ0v) is 9.61. The van der Waals surface area contributed by atoms with Crippen LogP contribution in [0.15, 0.2) is 16.2 Å². The highest BCUT2D eigenvalue weighted by molar-refractivity contribution is 7.11. The fourth-order valence-corrected chi connectivity index (χ4v) is 1.86. The third kappa shape index (κ3) is 3.33. The average Bonchev–Trinajstić information content (AvgIpc) is 2.96. The van der Waals surface area contributed by atoms with E-state index in [4.69, 9.17) is 9.63 Å². The number of carboxylic acids is 1. The molecule has 0 aliphatic heterocycles. The van der Waals surface area contributed by atoms with Crippen LogP contribution < -0.4 is 5.32 Å². The molecule has 0 radical (unpaired) electrons. The highest BCUT2D eigenvalue weighted by Gasteiger charge is 2.08. The number of carboxylic acid groups (broad SMARTS) is 1. The first-order valence-corrected chi connectivity index (χ1v) is 5.77. The normalized spacial score (nSPS) is 10.6. The lowest BCUT2D eigenvalue weighted by Gasteiger charge is -1.98. The Balaban J connectivity index is 1.72. The molecule has 0 aliphatic rings. The lowest BCUT2D eigenvalue weighted by molar-refractivity contribution is 0.0696. The Morgan fingerprint density at radius 2 is 2.47 bits per heavy atom. The van der Waals surface area contributed by atoms with Gasteiger partial charge in [-0.2, -0.15) is 4.98 Å². The summed E-state index contributed by atoms with van der Waals surface area (Å²) in [5.74, 6) is -0.422. The maximum Gasteiger partial charge on any atom is 0.365 e. The van der Waals surface area contributed by atoms with Gasteiger partial charge in [-0.3, -0.25) is 0 Å². The summed E-state index contributed by atoms with van der Waals surface area (Å²) >= 11 is 1.12. The maximum absolute atomic E-state index is 10.6. The average molecular weight is 254 g/mol. The van der Waals surface area contributed by atoms with Crippen LogP contribution in [0.5, 0.6) is 0 Å². The van der Waals surface area contributed by atoms with Crippen molar-refractivity contribution in [3.8, 4) is 0 Å². The lowest BCUT2D eigenvalue weighted by atomic mass is 10.4. The number of nitrogens with one attached hydrogen (secondary N) is 1. The third-order valence-corrected chi connectivity index (χ3v) is 2.84. The predicted molar refractivity (Wildman–Crippen MR) is 58.8 cm³/mol. The molecule has 2 rings (SSSR count). The Kier molecular flexibility index (Phi) is 3.78. The molecule has 7 nitrogen and oxygen atoms in total. The Morgan fingerprint density at radius 3 is 3.12 bits per heavy atom. The van der Waals surface area contributed by atoms with Crippen LogP contribution in [0.2, 0.25) is 0 Å². The molecule has 0 saturated heterocycles. The largest absolute Gasteiger partial charge is 0.476 e. The van der Waals surface area contributed by atoms with Crippen molar-refractivity contribution in [1.82, 2.24) is 20.4 Å². The van der Waals surface area contributed by atoms with E-state index in [-0.39, 0.29) is 5.01 Å². The van der Waals surface area contributed by atoms with E-state index in [0.717, 1.165) is 17.0 Å². The Morgan fingerprint density at radius 1 is 1.59 bits per heavy atom. The SMILES string of the molecule is O=C(O)c1nc(CNCCc2ncno2)cs1. The first-order valence-electron chi connectivity index (χ1n) is 4.89. The van der Waals surface area contributed by atoms with Crippen molar-refractivity contribution in [3.63, 3.8) is 0 Å². The molecule has 0 bridgehead atoms. The van der Waals surface area contributed by atoms with Crippen molar-refractivity contribution in [3.05, 3.63) is 28.3 Å². The van der Waals surface area contributed by atoms with Crippen molar-refractivity contribution in [2.45, 2.75) is 13.0 Å². The minimum absolute atomic E-state index is 0.110. The molecule has 0 saturated carbocycles. The summed E-state index contributed by atoms with van der Waals surface area (Å²) in [6, 6.07) is 0. The first kappa shape index (κ1) is 11.7. The second kappa shape index (κ2) is 5.51. The van der Waals surface area contributed by atoms with Crippen LogP contribution in [0, 0.1) is 0 Å². The van der Waals surface area contributed by atoms with Gasteiger partial charge in [-0.25, -0.2) is 9.78 Å². The van der Waals surface area contributed by atoms with Gasteiger partial charge in [0, 0.05) is 24.9 Å². The van der Waals surface area contributed by atoms with Crippen LogP contribution in [0.25, 0.3) is 0 Å². The van der Waals surface area contributed by atoms with Crippen LogP contribution in [-0.2, 0) is 13.0 Å². The molecule has 90 valence electrons. The standard InChI is InChI=1S/C9H10N4O3S/c14-9(15)8-13-6(4-17-8)3-10-2-1-7-11-5-12-16-7/h4-5,10H,1-3H2,(H,14,15). The fourth-order valence-electron chi connectivity index (χ4n) is 1.20. The monoisotopic (exact) mass is 254 g/mol. The molecule has 2 N–H and O–H groups in total. The number of nitrogens with zero attached hydrogens (tertiary/aromatic N) is 3. The number of aromatic nitrogens is 3. The van der Waals surface area contributed by atoms with Crippen molar-refractivity contribution in [1.29, 1.82) is 0 Å². The minimum Gasteiger partial charge on any atom is -0.476 e. The van der Waals surface area contributed by atoms with Crippen molar-refractivity contribution >= 4 is 17.3 Å². The van der Waals surface area contributed by atoms with Gasteiger partial charge in [0.05, 0.1) is 5.69 Å². The van der Waals surface area contributed by atoms with Gasteiger partial charge in [-0.05, 0) is 0 Å². The van der Waals surface area contributed by atoms with E-state index in [1.807, 2.05) is 0 Å². The van der Waals surface area contributed by atoms with Crippen LogP contribution in [0.4, 0.5) is 0 Å². The summed E-state index contributed by atoms with van der Waals surface area (Å²) in [5.41, 5.74) is 0.720. The third-order valence-electron chi connectivity index (χ3n) is 1.96. The molecule has 17 heavy (non-hydrogen) atoms. The molecular formula is C9H10N4O3S. The summed E-state index contributed by atoms with van der Waals surface area (Å²) in [6.45, 7) is 1.19. The maximum atomic E-state index is 10.6. The highest BCUT2D eigenvalue weighted by atomic mass is 32.1. The summed E-state index contributed by atoms with van der Waals surface area (Å²) in [4.78, 5) is 18.4. The van der Waals surface area contributed by atoms with Crippen molar-refractivity contribution < 1.29 is 14.4 Å². The van der Waals surface area contributed by atoms with Crippen LogP contribution in [0.3, 0.4) is 0 Å². The Bertz CT molecular complexity index is 482. The zero-order valence-electron chi connectivity index (χ0n) is 8.79. The molecule has 0 unspecified atom stereocenters. The predicted octanol–water partition coefficient (Wildman–Crippen LogP) is 0.557. The van der Waals surface area contributed by atoms with E-state index < -0.39 is 5.97 Å². The van der Waals surface area contributed by atoms with E-state index in [9.17, 15) is 4.79 Å². The van der Waals surface area contributed by atoms with Crippen LogP contribution in [-0.4, -0.2) is 32.7 Å². The second-order valence-corrected chi connectivity index (χ2v) is 4.07. The van der Waals surface area contributed by atoms with Crippen molar-refractivity contribution in [2.75, 3.05) is 6.54 Å². The molecule has 2 aromatic heterocycles. The molecule has 0 aromatic carbocycles. The highest BCUT2D eigenvalue weighted by Crippen LogP contribution is 2.09. The molecule has 2 aromatic rings. The molecule has 0 spiro atoms. The summed E-state index contributed by atoms with van der Waals surface area (Å²) in [6.07, 6.45) is 1.99. The summed E-state index contributed by atoms with van der Waals surface area (Å²) < 4.78 is 4.83. The van der Waals surface area contributed by atoms with Gasteiger partial charge in [0.2, 0.25) is 10.9 Å². The fraction of sp³-hybridized carbons (Fsp3) is 0.333. The lowest BCUT2D eigenvalue weighted by Crippen LogP contribution is -2.17. The molecular weight excluding hydrogens is 244 g/mol. The van der Waals surface area contributed by atoms with Crippen LogP contribution >= 0.6 is 11.3 Å². The number of thiazole rings is 1. The topological polar surface area (TPSA) is 101 Å². The molecule has 2 heterocycles. The Hall–Kier alpha value is -1.80. The second-order valence-electron chi connectivity index (χ2n) is 3.21. The minimum atomic E-state index is -0.993. The molecule has 0 aliphatic carbocycles. The Labute approximate surface area is 100 Å². The summed E-state index contributed by atoms with van der Waals surface area (Å²) in [5, 5.41) is 17.1. The number of carbonyl (C=O) groups is 1. The van der Waals surface area contributed by atoms with Crippen LogP contribution in [0.1, 0.15) is 21.4 Å². The van der Waals surface area contributed by atoms with E-state index in [2.05, 4.69) is 20.4 Å². The van der Waals surface area contributed by atoms with E-state index in [1.165, 1.54) is 6.33 Å². The first-order chi connectivity index (χ1) is 8.25. The van der Waals surface area contributed by atoms with Gasteiger partial charge in [-0.1, -0.05) is 5.16 Å². The summed E-state index contributed by atoms with van der Waals surface area (Å²) in [7, 11) is 0. The smallest absolute Gasteiger partial charge is 0.365 e. The van der Waals surface area contributed by atoms with Crippen molar-refractivity contribution in [2.24, 2.45) is 0 Å². The van der Waals surface area contributed by atoms with Gasteiger partial charge >= 0.3 is 5.97 Å². The quantitative estimate of drug-likeness (QED) is 0.726. The van der Waals surface area contributed by atoms with Gasteiger partial charge in [0.25, 0.3) is 0 Å². The van der Waals surface area contributed by atoms with Gasteiger partial charge < -0.3 is 14.9 Å². The van der Waals surface area contributed by atoms with E-state index in [1.54, 1.807) is 5.38 Å². The molecule has 8 heteroatoms.